The lowest BCUT2D eigenvalue weighted by Crippen LogP contribution is -2.48. The van der Waals surface area contributed by atoms with Crippen LogP contribution in [0.1, 0.15) is 46.5 Å². The molecule has 0 aliphatic heterocycles. The second-order valence-corrected chi connectivity index (χ2v) is 5.62. The molecule has 0 aromatic rings. The van der Waals surface area contributed by atoms with Crippen LogP contribution in [0, 0.1) is 11.3 Å². The van der Waals surface area contributed by atoms with Crippen molar-refractivity contribution in [2.24, 2.45) is 0 Å². The Balaban J connectivity index is 2.70. The van der Waals surface area contributed by atoms with E-state index in [0.717, 1.165) is 25.7 Å². The summed E-state index contributed by atoms with van der Waals surface area (Å²) in [6.07, 6.45) is 4.17. The first-order valence-electron chi connectivity index (χ1n) is 6.24. The molecule has 1 aliphatic carbocycles. The summed E-state index contributed by atoms with van der Waals surface area (Å²) in [6.45, 7) is 6.78. The quantitative estimate of drug-likeness (QED) is 0.793. The van der Waals surface area contributed by atoms with Crippen LogP contribution < -0.4 is 5.32 Å². The average molecular weight is 223 g/mol. The van der Waals surface area contributed by atoms with Gasteiger partial charge in [0.2, 0.25) is 0 Å². The van der Waals surface area contributed by atoms with Gasteiger partial charge in [-0.2, -0.15) is 5.26 Å². The van der Waals surface area contributed by atoms with Crippen LogP contribution in [0.3, 0.4) is 0 Å². The molecule has 1 fully saturated rings. The summed E-state index contributed by atoms with van der Waals surface area (Å²) in [7, 11) is 4.09. The molecular weight excluding hydrogens is 198 g/mol. The molecule has 3 heteroatoms. The van der Waals surface area contributed by atoms with E-state index in [1.807, 2.05) is 7.05 Å². The van der Waals surface area contributed by atoms with E-state index in [9.17, 15) is 5.26 Å². The zero-order valence-corrected chi connectivity index (χ0v) is 11.3. The molecule has 0 heterocycles. The van der Waals surface area contributed by atoms with Gasteiger partial charge < -0.3 is 5.32 Å². The van der Waals surface area contributed by atoms with Crippen molar-refractivity contribution in [1.29, 1.82) is 5.26 Å². The fraction of sp³-hybridized carbons (Fsp3) is 0.923. The van der Waals surface area contributed by atoms with Gasteiger partial charge >= 0.3 is 0 Å². The molecule has 0 saturated heterocycles. The van der Waals surface area contributed by atoms with Gasteiger partial charge in [0, 0.05) is 11.6 Å². The summed E-state index contributed by atoms with van der Waals surface area (Å²) in [6, 6.07) is 2.97. The van der Waals surface area contributed by atoms with Gasteiger partial charge in [0.25, 0.3) is 0 Å². The number of nitriles is 1. The Labute approximate surface area is 99.8 Å². The topological polar surface area (TPSA) is 39.1 Å². The highest BCUT2D eigenvalue weighted by molar-refractivity contribution is 5.13. The predicted molar refractivity (Wildman–Crippen MR) is 67.2 cm³/mol. The van der Waals surface area contributed by atoms with E-state index in [1.54, 1.807) is 0 Å². The lowest BCUT2D eigenvalue weighted by atomic mass is 9.95. The molecule has 0 spiro atoms. The molecule has 1 rings (SSSR count). The fourth-order valence-electron chi connectivity index (χ4n) is 2.48. The highest BCUT2D eigenvalue weighted by Gasteiger charge is 2.42. The molecule has 1 aliphatic rings. The maximum Gasteiger partial charge on any atom is 0.108 e. The van der Waals surface area contributed by atoms with Gasteiger partial charge in [-0.3, -0.25) is 4.90 Å². The third-order valence-corrected chi connectivity index (χ3v) is 4.55. The van der Waals surface area contributed by atoms with Crippen LogP contribution in [0.2, 0.25) is 0 Å². The number of hydrogen-bond acceptors (Lipinski definition) is 3. The second-order valence-electron chi connectivity index (χ2n) is 5.62. The van der Waals surface area contributed by atoms with Gasteiger partial charge in [0.1, 0.15) is 5.54 Å². The van der Waals surface area contributed by atoms with Gasteiger partial charge in [-0.25, -0.2) is 0 Å². The minimum absolute atomic E-state index is 0.226. The van der Waals surface area contributed by atoms with Crippen LogP contribution in [0.25, 0.3) is 0 Å². The van der Waals surface area contributed by atoms with Gasteiger partial charge in [-0.15, -0.1) is 0 Å². The molecule has 0 aromatic carbocycles. The summed E-state index contributed by atoms with van der Waals surface area (Å²) in [5, 5.41) is 12.4. The van der Waals surface area contributed by atoms with Crippen molar-refractivity contribution in [1.82, 2.24) is 10.2 Å². The van der Waals surface area contributed by atoms with Crippen molar-refractivity contribution >= 4 is 0 Å². The average Bonchev–Trinajstić information content (AvgIpc) is 2.73. The first kappa shape index (κ1) is 13.5. The third kappa shape index (κ3) is 2.39. The molecule has 16 heavy (non-hydrogen) atoms. The van der Waals surface area contributed by atoms with Gasteiger partial charge in [0.05, 0.1) is 6.07 Å². The maximum atomic E-state index is 9.25. The first-order chi connectivity index (χ1) is 7.40. The molecule has 0 aromatic heterocycles. The monoisotopic (exact) mass is 223 g/mol. The van der Waals surface area contributed by atoms with E-state index < -0.39 is 0 Å². The number of hydrogen-bond donors (Lipinski definition) is 1. The molecule has 92 valence electrons. The zero-order valence-electron chi connectivity index (χ0n) is 11.3. The Kier molecular flexibility index (Phi) is 3.98. The van der Waals surface area contributed by atoms with Crippen LogP contribution in [0.4, 0.5) is 0 Å². The lowest BCUT2D eigenvalue weighted by molar-refractivity contribution is 0.0969. The zero-order chi connectivity index (χ0) is 12.4. The summed E-state index contributed by atoms with van der Waals surface area (Å²) < 4.78 is 0. The Morgan fingerprint density at radius 2 is 2.19 bits per heavy atom. The summed E-state index contributed by atoms with van der Waals surface area (Å²) >= 11 is 0. The van der Waals surface area contributed by atoms with Crippen molar-refractivity contribution in [3.05, 3.63) is 0 Å². The molecule has 0 bridgehead atoms. The van der Waals surface area contributed by atoms with Crippen molar-refractivity contribution in [3.8, 4) is 6.07 Å². The molecule has 0 amide bonds. The molecule has 3 nitrogen and oxygen atoms in total. The van der Waals surface area contributed by atoms with E-state index in [4.69, 9.17) is 0 Å². The van der Waals surface area contributed by atoms with Crippen molar-refractivity contribution < 1.29 is 0 Å². The van der Waals surface area contributed by atoms with Crippen molar-refractivity contribution in [3.63, 3.8) is 0 Å². The number of nitrogens with one attached hydrogen (secondary N) is 1. The molecular formula is C13H25N3. The molecule has 2 unspecified atom stereocenters. The highest BCUT2D eigenvalue weighted by Crippen LogP contribution is 2.35. The van der Waals surface area contributed by atoms with Crippen LogP contribution in [0.15, 0.2) is 0 Å². The summed E-state index contributed by atoms with van der Waals surface area (Å²) in [4.78, 5) is 2.45. The maximum absolute atomic E-state index is 9.25. The Hall–Kier alpha value is -0.590. The van der Waals surface area contributed by atoms with Crippen LogP contribution in [-0.2, 0) is 0 Å². The largest absolute Gasteiger partial charge is 0.302 e. The summed E-state index contributed by atoms with van der Waals surface area (Å²) in [5.41, 5.74) is -0.0628. The van der Waals surface area contributed by atoms with E-state index >= 15 is 0 Å². The minimum Gasteiger partial charge on any atom is -0.302 e. The van der Waals surface area contributed by atoms with E-state index in [0.29, 0.717) is 6.04 Å². The third-order valence-electron chi connectivity index (χ3n) is 4.55. The Morgan fingerprint density at radius 1 is 1.56 bits per heavy atom. The fourth-order valence-corrected chi connectivity index (χ4v) is 2.48. The lowest BCUT2D eigenvalue weighted by Gasteiger charge is -2.39. The predicted octanol–water partition coefficient (Wildman–Crippen LogP) is 2.14. The van der Waals surface area contributed by atoms with Crippen LogP contribution in [-0.4, -0.2) is 36.1 Å². The number of nitrogens with zero attached hydrogens (tertiary/aromatic N) is 2. The van der Waals surface area contributed by atoms with Gasteiger partial charge in [0.15, 0.2) is 0 Å². The van der Waals surface area contributed by atoms with Crippen molar-refractivity contribution in [2.75, 3.05) is 14.1 Å². The SMILES string of the molecule is CCC(C)(C)N(C)C1CCC(C#N)(NC)C1. The smallest absolute Gasteiger partial charge is 0.108 e. The van der Waals surface area contributed by atoms with E-state index in [-0.39, 0.29) is 11.1 Å². The molecule has 0 radical (unpaired) electrons. The van der Waals surface area contributed by atoms with Gasteiger partial charge in [-0.1, -0.05) is 6.92 Å². The normalized spacial score (nSPS) is 30.7. The Bertz CT molecular complexity index is 279. The molecule has 1 saturated carbocycles. The highest BCUT2D eigenvalue weighted by atomic mass is 15.2. The van der Waals surface area contributed by atoms with Crippen LogP contribution in [0.5, 0.6) is 0 Å². The van der Waals surface area contributed by atoms with E-state index in [2.05, 4.69) is 44.1 Å². The first-order valence-corrected chi connectivity index (χ1v) is 6.24. The summed E-state index contributed by atoms with van der Waals surface area (Å²) in [5.74, 6) is 0. The standard InChI is InChI=1S/C13H25N3/c1-6-12(2,3)16(5)11-7-8-13(9-11,10-14)15-4/h11,15H,6-9H2,1-5H3. The minimum atomic E-state index is -0.289. The second kappa shape index (κ2) is 4.73. The van der Waals surface area contributed by atoms with E-state index in [1.165, 1.54) is 0 Å². The molecule has 1 N–H and O–H groups in total. The van der Waals surface area contributed by atoms with Crippen molar-refractivity contribution in [2.45, 2.75) is 63.6 Å². The Morgan fingerprint density at radius 3 is 2.56 bits per heavy atom. The molecule has 2 atom stereocenters. The number of rotatable bonds is 4. The van der Waals surface area contributed by atoms with Crippen LogP contribution >= 0.6 is 0 Å². The van der Waals surface area contributed by atoms with Gasteiger partial charge in [-0.05, 0) is 53.6 Å².